The minimum atomic E-state index is 1.25. The van der Waals surface area contributed by atoms with E-state index in [4.69, 9.17) is 0 Å². The maximum atomic E-state index is 2.22. The molecule has 2 aromatic heterocycles. The van der Waals surface area contributed by atoms with Gasteiger partial charge in [0.1, 0.15) is 0 Å². The summed E-state index contributed by atoms with van der Waals surface area (Å²) in [5.41, 5.74) is 7.54. The summed E-state index contributed by atoms with van der Waals surface area (Å²) >= 11 is 3.56. The highest BCUT2D eigenvalue weighted by Gasteiger charge is 2.06. The largest absolute Gasteiger partial charge is 0.152 e. The lowest BCUT2D eigenvalue weighted by atomic mass is 10.0. The molecule has 0 radical (unpaired) electrons. The van der Waals surface area contributed by atoms with E-state index in [1.807, 2.05) is 34.2 Å². The van der Waals surface area contributed by atoms with E-state index in [-0.39, 0.29) is 0 Å². The maximum absolute atomic E-state index is 2.22. The third kappa shape index (κ3) is 5.43. The van der Waals surface area contributed by atoms with Crippen LogP contribution in [0.15, 0.2) is 144 Å². The fourth-order valence-electron chi connectivity index (χ4n) is 3.79. The van der Waals surface area contributed by atoms with Crippen LogP contribution < -0.4 is 0 Å². The molecule has 4 aromatic carbocycles. The number of hydrogen-bond donors (Lipinski definition) is 0. The normalized spacial score (nSPS) is 10.4. The van der Waals surface area contributed by atoms with Gasteiger partial charge in [0.2, 0.25) is 0 Å². The Morgan fingerprint density at radius 3 is 1.00 bits per heavy atom. The molecule has 0 saturated carbocycles. The Bertz CT molecular complexity index is 1280. The van der Waals surface area contributed by atoms with Crippen molar-refractivity contribution >= 4 is 22.7 Å². The van der Waals surface area contributed by atoms with Crippen LogP contribution in [0, 0.1) is 0 Å². The minimum Gasteiger partial charge on any atom is -0.152 e. The van der Waals surface area contributed by atoms with E-state index < -0.39 is 0 Å². The molecule has 2 heterocycles. The number of thiophene rings is 2. The van der Waals surface area contributed by atoms with Crippen LogP contribution in [0.3, 0.4) is 0 Å². The summed E-state index contributed by atoms with van der Waals surface area (Å²) in [5, 5.41) is 4.08. The van der Waals surface area contributed by atoms with Gasteiger partial charge in [-0.2, -0.15) is 11.3 Å². The van der Waals surface area contributed by atoms with Crippen LogP contribution in [0.5, 0.6) is 0 Å². The Labute approximate surface area is 209 Å². The Morgan fingerprint density at radius 1 is 0.294 bits per heavy atom. The molecule has 0 saturated heterocycles. The van der Waals surface area contributed by atoms with Gasteiger partial charge in [-0.15, -0.1) is 11.3 Å². The topological polar surface area (TPSA) is 0 Å². The highest BCUT2D eigenvalue weighted by atomic mass is 32.1. The van der Waals surface area contributed by atoms with Crippen LogP contribution in [0.2, 0.25) is 0 Å². The van der Waals surface area contributed by atoms with Gasteiger partial charge >= 0.3 is 0 Å². The van der Waals surface area contributed by atoms with E-state index in [0.717, 1.165) is 0 Å². The van der Waals surface area contributed by atoms with Gasteiger partial charge in [-0.3, -0.25) is 0 Å². The van der Waals surface area contributed by atoms with Gasteiger partial charge in [-0.05, 0) is 56.3 Å². The van der Waals surface area contributed by atoms with E-state index in [1.54, 1.807) is 11.3 Å². The predicted octanol–water partition coefficient (Wildman–Crippen LogP) is 10.2. The average Bonchev–Trinajstić information content (AvgIpc) is 3.66. The highest BCUT2D eigenvalue weighted by molar-refractivity contribution is 7.18. The lowest BCUT2D eigenvalue weighted by molar-refractivity contribution is 1.61. The van der Waals surface area contributed by atoms with Gasteiger partial charge in [0.15, 0.2) is 0 Å². The van der Waals surface area contributed by atoms with Crippen LogP contribution in [0.1, 0.15) is 0 Å². The second kappa shape index (κ2) is 10.9. The molecule has 0 aliphatic carbocycles. The van der Waals surface area contributed by atoms with E-state index in [2.05, 4.69) is 121 Å². The lowest BCUT2D eigenvalue weighted by Gasteiger charge is -2.04. The van der Waals surface area contributed by atoms with Crippen molar-refractivity contribution in [2.24, 2.45) is 0 Å². The molecule has 0 aliphatic rings. The zero-order valence-electron chi connectivity index (χ0n) is 18.7. The molecule has 0 amide bonds. The standard InChI is InChI=1S/C28H20S.C4H4S/c1-3-7-21(8-4-1)23-11-15-25(16-12-23)27-19-20-28(29-27)26-17-13-24(14-18-26)22-9-5-2-6-10-22;1-2-4-5-3-1/h1-20H;1-4H. The van der Waals surface area contributed by atoms with Gasteiger partial charge in [0.05, 0.1) is 0 Å². The first-order chi connectivity index (χ1) is 16.9. The molecule has 0 nitrogen and oxygen atoms in total. The summed E-state index contributed by atoms with van der Waals surface area (Å²) in [6.07, 6.45) is 0. The Morgan fingerprint density at radius 2 is 0.647 bits per heavy atom. The SMILES string of the molecule is c1ccc(-c2ccc(-c3ccc(-c4ccc(-c5ccccc5)cc4)s3)cc2)cc1.c1ccsc1. The van der Waals surface area contributed by atoms with Crippen LogP contribution in [0.4, 0.5) is 0 Å². The van der Waals surface area contributed by atoms with Crippen molar-refractivity contribution in [2.75, 3.05) is 0 Å². The highest BCUT2D eigenvalue weighted by Crippen LogP contribution is 2.36. The first kappa shape index (κ1) is 22.1. The van der Waals surface area contributed by atoms with Gasteiger partial charge in [-0.25, -0.2) is 0 Å². The Kier molecular flexibility index (Phi) is 7.10. The monoisotopic (exact) mass is 472 g/mol. The zero-order chi connectivity index (χ0) is 23.0. The summed E-state index contributed by atoms with van der Waals surface area (Å²) in [4.78, 5) is 2.60. The molecule has 34 heavy (non-hydrogen) atoms. The van der Waals surface area contributed by atoms with Crippen LogP contribution in [-0.4, -0.2) is 0 Å². The summed E-state index contributed by atoms with van der Waals surface area (Å²) in [5.74, 6) is 0. The molecule has 0 bridgehead atoms. The maximum Gasteiger partial charge on any atom is 0.0349 e. The summed E-state index contributed by atoms with van der Waals surface area (Å²) in [7, 11) is 0. The van der Waals surface area contributed by atoms with Crippen molar-refractivity contribution in [3.05, 3.63) is 144 Å². The fourth-order valence-corrected chi connectivity index (χ4v) is 5.26. The second-order valence-electron chi connectivity index (χ2n) is 7.84. The second-order valence-corrected chi connectivity index (χ2v) is 9.74. The van der Waals surface area contributed by atoms with Crippen molar-refractivity contribution < 1.29 is 0 Å². The van der Waals surface area contributed by atoms with Crippen molar-refractivity contribution in [3.8, 4) is 43.1 Å². The number of rotatable bonds is 4. The summed E-state index contributed by atoms with van der Waals surface area (Å²) in [6.45, 7) is 0. The van der Waals surface area contributed by atoms with Crippen LogP contribution >= 0.6 is 22.7 Å². The fraction of sp³-hybridized carbons (Fsp3) is 0. The third-order valence-corrected chi connectivity index (χ3v) is 7.40. The Balaban J connectivity index is 0.000000429. The lowest BCUT2D eigenvalue weighted by Crippen LogP contribution is -1.78. The first-order valence-electron chi connectivity index (χ1n) is 11.3. The molecule has 0 aliphatic heterocycles. The minimum absolute atomic E-state index is 1.25. The van der Waals surface area contributed by atoms with Crippen molar-refractivity contribution in [3.63, 3.8) is 0 Å². The molecule has 0 N–H and O–H groups in total. The molecule has 6 rings (SSSR count). The molecule has 6 aromatic rings. The summed E-state index contributed by atoms with van der Waals surface area (Å²) < 4.78 is 0. The smallest absolute Gasteiger partial charge is 0.0349 e. The first-order valence-corrected chi connectivity index (χ1v) is 13.0. The molecular weight excluding hydrogens is 448 g/mol. The molecule has 164 valence electrons. The van der Waals surface area contributed by atoms with Crippen molar-refractivity contribution in [1.29, 1.82) is 0 Å². The van der Waals surface area contributed by atoms with Gasteiger partial charge in [0.25, 0.3) is 0 Å². The summed E-state index contributed by atoms with van der Waals surface area (Å²) in [6, 6.07) is 47.2. The average molecular weight is 473 g/mol. The zero-order valence-corrected chi connectivity index (χ0v) is 20.3. The van der Waals surface area contributed by atoms with Crippen LogP contribution in [0.25, 0.3) is 43.1 Å². The quantitative estimate of drug-likeness (QED) is 0.239. The van der Waals surface area contributed by atoms with E-state index in [0.29, 0.717) is 0 Å². The Hall–Kier alpha value is -3.72. The van der Waals surface area contributed by atoms with Crippen molar-refractivity contribution in [1.82, 2.24) is 0 Å². The van der Waals surface area contributed by atoms with E-state index in [9.17, 15) is 0 Å². The predicted molar refractivity (Wildman–Crippen MR) is 150 cm³/mol. The third-order valence-electron chi connectivity index (χ3n) is 5.58. The number of benzene rings is 4. The molecule has 0 fully saturated rings. The van der Waals surface area contributed by atoms with Crippen molar-refractivity contribution in [2.45, 2.75) is 0 Å². The van der Waals surface area contributed by atoms with Crippen LogP contribution in [-0.2, 0) is 0 Å². The molecular formula is C32H24S2. The number of hydrogen-bond acceptors (Lipinski definition) is 2. The van der Waals surface area contributed by atoms with Gasteiger partial charge in [-0.1, -0.05) is 121 Å². The molecule has 2 heteroatoms. The molecule has 0 atom stereocenters. The molecule has 0 spiro atoms. The van der Waals surface area contributed by atoms with Gasteiger partial charge < -0.3 is 0 Å². The van der Waals surface area contributed by atoms with E-state index in [1.165, 1.54) is 43.1 Å². The van der Waals surface area contributed by atoms with E-state index >= 15 is 0 Å². The van der Waals surface area contributed by atoms with Gasteiger partial charge in [0, 0.05) is 9.75 Å². The molecule has 0 unspecified atom stereocenters.